The summed E-state index contributed by atoms with van der Waals surface area (Å²) in [6.07, 6.45) is 6.05. The number of nitrogens with zero attached hydrogens (tertiary/aromatic N) is 1. The first-order valence-electron chi connectivity index (χ1n) is 5.97. The Morgan fingerprint density at radius 2 is 1.81 bits per heavy atom. The van der Waals surface area contributed by atoms with Gasteiger partial charge in [0, 0.05) is 24.9 Å². The van der Waals surface area contributed by atoms with Crippen molar-refractivity contribution >= 4 is 9.84 Å². The quantitative estimate of drug-likeness (QED) is 0.769. The maximum atomic E-state index is 11.1. The van der Waals surface area contributed by atoms with E-state index in [1.165, 1.54) is 31.9 Å². The molecule has 0 atom stereocenters. The van der Waals surface area contributed by atoms with E-state index in [0.717, 1.165) is 0 Å². The SMILES string of the molecule is CN[C@H]1CC[C@H](N(C)CCS(C)(=O)=O)CC1. The second-order valence-corrected chi connectivity index (χ2v) is 7.16. The molecule has 0 aliphatic heterocycles. The largest absolute Gasteiger partial charge is 0.317 e. The van der Waals surface area contributed by atoms with Crippen LogP contribution in [0.1, 0.15) is 25.7 Å². The minimum atomic E-state index is -2.83. The van der Waals surface area contributed by atoms with Gasteiger partial charge in [0.1, 0.15) is 9.84 Å². The smallest absolute Gasteiger partial charge is 0.148 e. The first kappa shape index (κ1) is 13.9. The molecule has 16 heavy (non-hydrogen) atoms. The molecule has 0 aromatic rings. The zero-order valence-corrected chi connectivity index (χ0v) is 11.4. The molecule has 1 aliphatic rings. The van der Waals surface area contributed by atoms with E-state index in [1.807, 2.05) is 14.1 Å². The summed E-state index contributed by atoms with van der Waals surface area (Å²) in [6, 6.07) is 1.21. The summed E-state index contributed by atoms with van der Waals surface area (Å²) in [5.74, 6) is 0.273. The molecule has 1 rings (SSSR count). The second-order valence-electron chi connectivity index (χ2n) is 4.90. The Labute approximate surface area is 99.3 Å². The van der Waals surface area contributed by atoms with Gasteiger partial charge in [-0.15, -0.1) is 0 Å². The van der Waals surface area contributed by atoms with E-state index in [9.17, 15) is 8.42 Å². The van der Waals surface area contributed by atoms with Gasteiger partial charge in [-0.1, -0.05) is 0 Å². The summed E-state index contributed by atoms with van der Waals surface area (Å²) in [5, 5.41) is 3.31. The van der Waals surface area contributed by atoms with Gasteiger partial charge in [-0.05, 0) is 39.8 Å². The van der Waals surface area contributed by atoms with Crippen molar-refractivity contribution in [3.8, 4) is 0 Å². The standard InChI is InChI=1S/C11H24N2O2S/c1-12-10-4-6-11(7-5-10)13(2)8-9-16(3,14)15/h10-12H,4-9H2,1-3H3/t10-,11-. The molecule has 1 saturated carbocycles. The van der Waals surface area contributed by atoms with Crippen molar-refractivity contribution in [3.63, 3.8) is 0 Å². The molecule has 0 unspecified atom stereocenters. The predicted octanol–water partition coefficient (Wildman–Crippen LogP) is 0.493. The van der Waals surface area contributed by atoms with Gasteiger partial charge in [-0.3, -0.25) is 0 Å². The highest BCUT2D eigenvalue weighted by molar-refractivity contribution is 7.90. The monoisotopic (exact) mass is 248 g/mol. The van der Waals surface area contributed by atoms with Crippen LogP contribution in [0.15, 0.2) is 0 Å². The Morgan fingerprint density at radius 3 is 2.25 bits per heavy atom. The lowest BCUT2D eigenvalue weighted by molar-refractivity contribution is 0.184. The summed E-state index contributed by atoms with van der Waals surface area (Å²) < 4.78 is 22.2. The Balaban J connectivity index is 2.30. The molecule has 1 N–H and O–H groups in total. The third kappa shape index (κ3) is 4.80. The molecule has 5 heteroatoms. The van der Waals surface area contributed by atoms with Crippen molar-refractivity contribution in [2.24, 2.45) is 0 Å². The van der Waals surface area contributed by atoms with Crippen molar-refractivity contribution in [3.05, 3.63) is 0 Å². The van der Waals surface area contributed by atoms with Crippen LogP contribution in [-0.2, 0) is 9.84 Å². The molecule has 96 valence electrons. The van der Waals surface area contributed by atoms with Gasteiger partial charge in [0.25, 0.3) is 0 Å². The Hall–Kier alpha value is -0.130. The number of hydrogen-bond acceptors (Lipinski definition) is 4. The Bertz CT molecular complexity index is 295. The van der Waals surface area contributed by atoms with Crippen molar-refractivity contribution in [1.82, 2.24) is 10.2 Å². The van der Waals surface area contributed by atoms with Crippen LogP contribution in [0.3, 0.4) is 0 Å². The Morgan fingerprint density at radius 1 is 1.25 bits per heavy atom. The van der Waals surface area contributed by atoms with Crippen LogP contribution in [0.25, 0.3) is 0 Å². The van der Waals surface area contributed by atoms with Gasteiger partial charge in [-0.25, -0.2) is 8.42 Å². The molecule has 0 radical (unpaired) electrons. The fourth-order valence-corrected chi connectivity index (χ4v) is 2.92. The molecule has 4 nitrogen and oxygen atoms in total. The third-order valence-electron chi connectivity index (χ3n) is 3.54. The molecular formula is C11H24N2O2S. The highest BCUT2D eigenvalue weighted by atomic mass is 32.2. The average molecular weight is 248 g/mol. The molecule has 0 amide bonds. The predicted molar refractivity (Wildman–Crippen MR) is 67.4 cm³/mol. The first-order chi connectivity index (χ1) is 7.42. The average Bonchev–Trinajstić information content (AvgIpc) is 2.25. The van der Waals surface area contributed by atoms with Crippen LogP contribution < -0.4 is 5.32 Å². The van der Waals surface area contributed by atoms with Gasteiger partial charge >= 0.3 is 0 Å². The van der Waals surface area contributed by atoms with E-state index in [2.05, 4.69) is 10.2 Å². The highest BCUT2D eigenvalue weighted by Gasteiger charge is 2.23. The fourth-order valence-electron chi connectivity index (χ4n) is 2.30. The number of sulfone groups is 1. The third-order valence-corrected chi connectivity index (χ3v) is 4.47. The zero-order valence-electron chi connectivity index (χ0n) is 10.6. The fraction of sp³-hybridized carbons (Fsp3) is 1.00. The van der Waals surface area contributed by atoms with Crippen LogP contribution in [0.2, 0.25) is 0 Å². The summed E-state index contributed by atoms with van der Waals surface area (Å²) in [6.45, 7) is 0.660. The second kappa shape index (κ2) is 5.98. The lowest BCUT2D eigenvalue weighted by atomic mass is 9.90. The molecule has 0 bridgehead atoms. The maximum absolute atomic E-state index is 11.1. The van der Waals surface area contributed by atoms with E-state index < -0.39 is 9.84 Å². The zero-order chi connectivity index (χ0) is 12.2. The topological polar surface area (TPSA) is 49.4 Å². The Kier molecular flexibility index (Phi) is 5.21. The molecule has 1 aliphatic carbocycles. The van der Waals surface area contributed by atoms with Crippen LogP contribution >= 0.6 is 0 Å². The van der Waals surface area contributed by atoms with Gasteiger partial charge in [-0.2, -0.15) is 0 Å². The molecule has 0 heterocycles. The van der Waals surface area contributed by atoms with E-state index in [0.29, 0.717) is 18.6 Å². The van der Waals surface area contributed by atoms with E-state index in [4.69, 9.17) is 0 Å². The molecule has 0 saturated heterocycles. The van der Waals surface area contributed by atoms with Crippen LogP contribution in [0.5, 0.6) is 0 Å². The van der Waals surface area contributed by atoms with E-state index in [-0.39, 0.29) is 5.75 Å². The van der Waals surface area contributed by atoms with Crippen molar-refractivity contribution in [1.29, 1.82) is 0 Å². The van der Waals surface area contributed by atoms with E-state index >= 15 is 0 Å². The minimum Gasteiger partial charge on any atom is -0.317 e. The lowest BCUT2D eigenvalue weighted by Gasteiger charge is -2.34. The molecule has 0 spiro atoms. The molecule has 0 aromatic carbocycles. The first-order valence-corrected chi connectivity index (χ1v) is 8.03. The van der Waals surface area contributed by atoms with Crippen LogP contribution in [-0.4, -0.2) is 58.1 Å². The van der Waals surface area contributed by atoms with Crippen LogP contribution in [0.4, 0.5) is 0 Å². The number of rotatable bonds is 5. The van der Waals surface area contributed by atoms with Gasteiger partial charge in [0.2, 0.25) is 0 Å². The normalized spacial score (nSPS) is 27.2. The lowest BCUT2D eigenvalue weighted by Crippen LogP contribution is -2.41. The van der Waals surface area contributed by atoms with E-state index in [1.54, 1.807) is 0 Å². The maximum Gasteiger partial charge on any atom is 0.148 e. The van der Waals surface area contributed by atoms with Crippen molar-refractivity contribution in [2.45, 2.75) is 37.8 Å². The van der Waals surface area contributed by atoms with Crippen molar-refractivity contribution in [2.75, 3.05) is 32.6 Å². The highest BCUT2D eigenvalue weighted by Crippen LogP contribution is 2.21. The van der Waals surface area contributed by atoms with Gasteiger partial charge < -0.3 is 10.2 Å². The summed E-state index contributed by atoms with van der Waals surface area (Å²) in [7, 11) is 1.22. The van der Waals surface area contributed by atoms with Crippen molar-refractivity contribution < 1.29 is 8.42 Å². The minimum absolute atomic E-state index is 0.273. The van der Waals surface area contributed by atoms with Gasteiger partial charge in [0.05, 0.1) is 5.75 Å². The number of nitrogens with one attached hydrogen (secondary N) is 1. The number of hydrogen-bond donors (Lipinski definition) is 1. The summed E-state index contributed by atoms with van der Waals surface area (Å²) in [4.78, 5) is 2.20. The van der Waals surface area contributed by atoms with Gasteiger partial charge in [0.15, 0.2) is 0 Å². The molecule has 1 fully saturated rings. The summed E-state index contributed by atoms with van der Waals surface area (Å²) in [5.41, 5.74) is 0. The summed E-state index contributed by atoms with van der Waals surface area (Å²) >= 11 is 0. The molecule has 0 aromatic heterocycles. The van der Waals surface area contributed by atoms with Crippen LogP contribution in [0, 0.1) is 0 Å². The molecular weight excluding hydrogens is 224 g/mol.